The topological polar surface area (TPSA) is 38.0 Å². The molecule has 0 aromatic heterocycles. The molecule has 0 radical (unpaired) electrons. The normalized spacial score (nSPS) is 10.3. The van der Waals surface area contributed by atoms with E-state index in [1.807, 2.05) is 0 Å². The highest BCUT2D eigenvalue weighted by Gasteiger charge is 2.04. The van der Waals surface area contributed by atoms with Crippen LogP contribution in [-0.2, 0) is 0 Å². The van der Waals surface area contributed by atoms with Gasteiger partial charge in [0.05, 0.1) is 20.8 Å². The van der Waals surface area contributed by atoms with E-state index in [2.05, 4.69) is 5.32 Å². The largest absolute Gasteiger partial charge is 0.384 e. The maximum atomic E-state index is 5.94. The number of anilines is 1. The van der Waals surface area contributed by atoms with Gasteiger partial charge in [0.2, 0.25) is 0 Å². The molecule has 0 aliphatic heterocycles. The van der Waals surface area contributed by atoms with Crippen molar-refractivity contribution in [3.05, 3.63) is 27.2 Å². The lowest BCUT2D eigenvalue weighted by molar-refractivity contribution is 0.874. The standard InChI is InChI=1S/C9H11Cl3N2/c10-6-4-8(12)9(5-7(6)11)14-3-1-2-13/h4-5,14H,1-3,13H2. The summed E-state index contributed by atoms with van der Waals surface area (Å²) in [5.41, 5.74) is 6.15. The third-order valence-corrected chi connectivity index (χ3v) is 2.74. The van der Waals surface area contributed by atoms with E-state index in [1.165, 1.54) is 0 Å². The first kappa shape index (κ1) is 11.9. The van der Waals surface area contributed by atoms with E-state index < -0.39 is 0 Å². The molecule has 0 unspecified atom stereocenters. The molecule has 0 aliphatic carbocycles. The van der Waals surface area contributed by atoms with E-state index in [1.54, 1.807) is 12.1 Å². The summed E-state index contributed by atoms with van der Waals surface area (Å²) in [7, 11) is 0. The third-order valence-electron chi connectivity index (χ3n) is 1.71. The highest BCUT2D eigenvalue weighted by Crippen LogP contribution is 2.32. The molecule has 5 heteroatoms. The first-order valence-electron chi connectivity index (χ1n) is 4.23. The predicted molar refractivity (Wildman–Crippen MR) is 63.6 cm³/mol. The summed E-state index contributed by atoms with van der Waals surface area (Å²) in [4.78, 5) is 0. The van der Waals surface area contributed by atoms with Crippen molar-refractivity contribution in [3.63, 3.8) is 0 Å². The highest BCUT2D eigenvalue weighted by atomic mass is 35.5. The molecule has 1 aromatic carbocycles. The molecule has 0 spiro atoms. The van der Waals surface area contributed by atoms with Crippen LogP contribution in [0.15, 0.2) is 12.1 Å². The SMILES string of the molecule is NCCCNc1cc(Cl)c(Cl)cc1Cl. The lowest BCUT2D eigenvalue weighted by Gasteiger charge is -2.08. The Morgan fingerprint density at radius 3 is 2.36 bits per heavy atom. The maximum absolute atomic E-state index is 5.94. The van der Waals surface area contributed by atoms with Gasteiger partial charge in [0.1, 0.15) is 0 Å². The van der Waals surface area contributed by atoms with Gasteiger partial charge in [0, 0.05) is 6.54 Å². The number of hydrogen-bond acceptors (Lipinski definition) is 2. The third kappa shape index (κ3) is 3.21. The molecule has 0 bridgehead atoms. The molecule has 0 saturated heterocycles. The zero-order valence-corrected chi connectivity index (χ0v) is 9.76. The molecule has 14 heavy (non-hydrogen) atoms. The van der Waals surface area contributed by atoms with Crippen LogP contribution in [0, 0.1) is 0 Å². The van der Waals surface area contributed by atoms with Gasteiger partial charge >= 0.3 is 0 Å². The number of rotatable bonds is 4. The van der Waals surface area contributed by atoms with Crippen LogP contribution in [-0.4, -0.2) is 13.1 Å². The lowest BCUT2D eigenvalue weighted by Crippen LogP contribution is -2.08. The maximum Gasteiger partial charge on any atom is 0.0653 e. The second-order valence-corrected chi connectivity index (χ2v) is 4.04. The van der Waals surface area contributed by atoms with Gasteiger partial charge in [-0.1, -0.05) is 34.8 Å². The predicted octanol–water partition coefficient (Wildman–Crippen LogP) is 3.41. The lowest BCUT2D eigenvalue weighted by atomic mass is 10.3. The Morgan fingerprint density at radius 2 is 1.71 bits per heavy atom. The van der Waals surface area contributed by atoms with Crippen molar-refractivity contribution in [1.82, 2.24) is 0 Å². The van der Waals surface area contributed by atoms with Crippen LogP contribution < -0.4 is 11.1 Å². The molecule has 0 heterocycles. The fraction of sp³-hybridized carbons (Fsp3) is 0.333. The summed E-state index contributed by atoms with van der Waals surface area (Å²) >= 11 is 17.6. The minimum absolute atomic E-state index is 0.459. The Bertz CT molecular complexity index is 315. The van der Waals surface area contributed by atoms with Crippen LogP contribution in [0.3, 0.4) is 0 Å². The van der Waals surface area contributed by atoms with E-state index in [9.17, 15) is 0 Å². The Morgan fingerprint density at radius 1 is 1.07 bits per heavy atom. The average molecular weight is 254 g/mol. The van der Waals surface area contributed by atoms with Crippen LogP contribution in [0.5, 0.6) is 0 Å². The summed E-state index contributed by atoms with van der Waals surface area (Å²) in [6.07, 6.45) is 0.885. The molecule has 0 saturated carbocycles. The smallest absolute Gasteiger partial charge is 0.0653 e. The Labute approximate surface area is 98.3 Å². The second-order valence-electron chi connectivity index (χ2n) is 2.82. The molecule has 0 amide bonds. The molecule has 0 fully saturated rings. The number of benzene rings is 1. The van der Waals surface area contributed by atoms with Crippen LogP contribution >= 0.6 is 34.8 Å². The Hall–Kier alpha value is -0.150. The first-order chi connectivity index (χ1) is 6.65. The van der Waals surface area contributed by atoms with Gasteiger partial charge in [-0.15, -0.1) is 0 Å². The van der Waals surface area contributed by atoms with Crippen LogP contribution in [0.1, 0.15) is 6.42 Å². The molecule has 0 atom stereocenters. The minimum Gasteiger partial charge on any atom is -0.384 e. The van der Waals surface area contributed by atoms with Crippen molar-refractivity contribution in [3.8, 4) is 0 Å². The molecule has 1 aromatic rings. The average Bonchev–Trinajstić information content (AvgIpc) is 2.14. The van der Waals surface area contributed by atoms with Gasteiger partial charge in [-0.25, -0.2) is 0 Å². The van der Waals surface area contributed by atoms with Crippen molar-refractivity contribution in [2.45, 2.75) is 6.42 Å². The minimum atomic E-state index is 0.459. The fourth-order valence-corrected chi connectivity index (χ4v) is 1.60. The Balaban J connectivity index is 2.72. The van der Waals surface area contributed by atoms with E-state index in [0.717, 1.165) is 18.7 Å². The van der Waals surface area contributed by atoms with E-state index in [-0.39, 0.29) is 0 Å². The van der Waals surface area contributed by atoms with Crippen molar-refractivity contribution in [2.24, 2.45) is 5.73 Å². The summed E-state index contributed by atoms with van der Waals surface area (Å²) in [5, 5.41) is 4.64. The van der Waals surface area contributed by atoms with Crippen molar-refractivity contribution < 1.29 is 0 Å². The van der Waals surface area contributed by atoms with Gasteiger partial charge in [0.25, 0.3) is 0 Å². The summed E-state index contributed by atoms with van der Waals surface area (Å²) in [6.45, 7) is 1.42. The van der Waals surface area contributed by atoms with Gasteiger partial charge < -0.3 is 11.1 Å². The van der Waals surface area contributed by atoms with Crippen LogP contribution in [0.4, 0.5) is 5.69 Å². The van der Waals surface area contributed by atoms with E-state index in [0.29, 0.717) is 21.6 Å². The van der Waals surface area contributed by atoms with Crippen molar-refractivity contribution >= 4 is 40.5 Å². The van der Waals surface area contributed by atoms with Gasteiger partial charge in [-0.3, -0.25) is 0 Å². The van der Waals surface area contributed by atoms with Crippen molar-refractivity contribution in [2.75, 3.05) is 18.4 Å². The number of hydrogen-bond donors (Lipinski definition) is 2. The summed E-state index contributed by atoms with van der Waals surface area (Å²) < 4.78 is 0. The summed E-state index contributed by atoms with van der Waals surface area (Å²) in [6, 6.07) is 3.33. The van der Waals surface area contributed by atoms with Crippen molar-refractivity contribution in [1.29, 1.82) is 0 Å². The molecule has 1 rings (SSSR count). The zero-order chi connectivity index (χ0) is 10.6. The summed E-state index contributed by atoms with van der Waals surface area (Å²) in [5.74, 6) is 0. The monoisotopic (exact) mass is 252 g/mol. The van der Waals surface area contributed by atoms with Gasteiger partial charge in [-0.2, -0.15) is 0 Å². The number of nitrogens with two attached hydrogens (primary N) is 1. The van der Waals surface area contributed by atoms with Gasteiger partial charge in [0.15, 0.2) is 0 Å². The number of halogens is 3. The molecule has 2 nitrogen and oxygen atoms in total. The van der Waals surface area contributed by atoms with Crippen LogP contribution in [0.2, 0.25) is 15.1 Å². The zero-order valence-electron chi connectivity index (χ0n) is 7.49. The molecule has 78 valence electrons. The molecule has 0 aliphatic rings. The highest BCUT2D eigenvalue weighted by molar-refractivity contribution is 6.44. The Kier molecular flexibility index (Phi) is 4.82. The quantitative estimate of drug-likeness (QED) is 0.637. The van der Waals surface area contributed by atoms with E-state index in [4.69, 9.17) is 40.5 Å². The van der Waals surface area contributed by atoms with E-state index >= 15 is 0 Å². The van der Waals surface area contributed by atoms with Crippen LogP contribution in [0.25, 0.3) is 0 Å². The first-order valence-corrected chi connectivity index (χ1v) is 5.37. The molecule has 3 N–H and O–H groups in total. The second kappa shape index (κ2) is 5.66. The fourth-order valence-electron chi connectivity index (χ4n) is 0.983. The van der Waals surface area contributed by atoms with Gasteiger partial charge in [-0.05, 0) is 25.1 Å². The molecular formula is C9H11Cl3N2. The number of nitrogens with one attached hydrogen (secondary N) is 1. The molecular weight excluding hydrogens is 242 g/mol.